The molecule has 1 aromatic carbocycles. The van der Waals surface area contributed by atoms with Gasteiger partial charge in [-0.3, -0.25) is 0 Å². The van der Waals surface area contributed by atoms with Gasteiger partial charge >= 0.3 is 0 Å². The highest BCUT2D eigenvalue weighted by atomic mass is 35.5. The molecule has 0 aliphatic heterocycles. The predicted octanol–water partition coefficient (Wildman–Crippen LogP) is 4.71. The van der Waals surface area contributed by atoms with Crippen molar-refractivity contribution in [2.75, 3.05) is 6.54 Å². The van der Waals surface area contributed by atoms with Crippen molar-refractivity contribution in [2.45, 2.75) is 26.4 Å². The molecular formula is C18H21Cl2N3O. The van der Waals surface area contributed by atoms with E-state index in [-0.39, 0.29) is 12.4 Å². The molecule has 0 amide bonds. The summed E-state index contributed by atoms with van der Waals surface area (Å²) >= 11 is 6.17. The van der Waals surface area contributed by atoms with Gasteiger partial charge in [-0.1, -0.05) is 23.7 Å². The molecule has 0 fully saturated rings. The first-order valence-electron chi connectivity index (χ1n) is 7.74. The van der Waals surface area contributed by atoms with Crippen molar-refractivity contribution in [3.63, 3.8) is 0 Å². The van der Waals surface area contributed by atoms with Gasteiger partial charge in [-0.15, -0.1) is 12.4 Å². The van der Waals surface area contributed by atoms with E-state index >= 15 is 0 Å². The highest BCUT2D eigenvalue weighted by molar-refractivity contribution is 6.31. The van der Waals surface area contributed by atoms with Gasteiger partial charge in [-0.2, -0.15) is 0 Å². The van der Waals surface area contributed by atoms with E-state index in [1.165, 1.54) is 0 Å². The minimum Gasteiger partial charge on any atom is -0.460 e. The molecule has 1 N–H and O–H groups in total. The Bertz CT molecular complexity index is 753. The maximum atomic E-state index is 6.17. The lowest BCUT2D eigenvalue weighted by molar-refractivity contribution is 0.484. The standard InChI is InChI=1S/C18H20ClN3O.ClH/c1-14-3-4-15(11-17(14)19)18-6-5-16(23-18)12-20-7-2-9-22-10-8-21-13-22;/h3-6,8,10-11,13,20H,2,7,9,12H2,1H3;1H. The fraction of sp³-hybridized carbons (Fsp3) is 0.278. The molecule has 0 spiro atoms. The lowest BCUT2D eigenvalue weighted by Gasteiger charge is -2.04. The molecule has 6 heteroatoms. The molecule has 2 heterocycles. The highest BCUT2D eigenvalue weighted by Crippen LogP contribution is 2.26. The second-order valence-corrected chi connectivity index (χ2v) is 5.97. The smallest absolute Gasteiger partial charge is 0.134 e. The number of hydrogen-bond donors (Lipinski definition) is 1. The van der Waals surface area contributed by atoms with Crippen LogP contribution >= 0.6 is 24.0 Å². The Hall–Kier alpha value is -1.75. The summed E-state index contributed by atoms with van der Waals surface area (Å²) in [5.41, 5.74) is 2.08. The Morgan fingerprint density at radius 2 is 2.12 bits per heavy atom. The summed E-state index contributed by atoms with van der Waals surface area (Å²) in [5, 5.41) is 4.16. The fourth-order valence-corrected chi connectivity index (χ4v) is 2.57. The van der Waals surface area contributed by atoms with E-state index < -0.39 is 0 Å². The van der Waals surface area contributed by atoms with Gasteiger partial charge < -0.3 is 14.3 Å². The molecule has 128 valence electrons. The number of nitrogens with one attached hydrogen (secondary N) is 1. The maximum absolute atomic E-state index is 6.17. The molecule has 0 bridgehead atoms. The summed E-state index contributed by atoms with van der Waals surface area (Å²) in [6, 6.07) is 9.98. The van der Waals surface area contributed by atoms with Crippen molar-refractivity contribution in [3.05, 3.63) is 65.4 Å². The van der Waals surface area contributed by atoms with Crippen LogP contribution in [-0.4, -0.2) is 16.1 Å². The molecule has 0 aliphatic carbocycles. The quantitative estimate of drug-likeness (QED) is 0.616. The van der Waals surface area contributed by atoms with Crippen LogP contribution in [0, 0.1) is 6.92 Å². The van der Waals surface area contributed by atoms with E-state index in [1.807, 2.05) is 49.8 Å². The largest absolute Gasteiger partial charge is 0.460 e. The average molecular weight is 366 g/mol. The number of aromatic nitrogens is 2. The van der Waals surface area contributed by atoms with Gasteiger partial charge in [0.15, 0.2) is 0 Å². The molecule has 0 aliphatic rings. The zero-order valence-electron chi connectivity index (χ0n) is 13.5. The second-order valence-electron chi connectivity index (χ2n) is 5.56. The second kappa shape index (κ2) is 8.92. The van der Waals surface area contributed by atoms with Crippen LogP contribution in [0.15, 0.2) is 53.5 Å². The van der Waals surface area contributed by atoms with Crippen molar-refractivity contribution in [1.29, 1.82) is 0 Å². The summed E-state index contributed by atoms with van der Waals surface area (Å²) in [6.45, 7) is 4.62. The zero-order chi connectivity index (χ0) is 16.1. The van der Waals surface area contributed by atoms with Gasteiger partial charge in [0.05, 0.1) is 12.9 Å². The van der Waals surface area contributed by atoms with Gasteiger partial charge in [0.2, 0.25) is 0 Å². The molecule has 0 saturated heterocycles. The summed E-state index contributed by atoms with van der Waals surface area (Å²) in [7, 11) is 0. The Morgan fingerprint density at radius 3 is 2.88 bits per heavy atom. The molecule has 3 rings (SSSR count). The van der Waals surface area contributed by atoms with E-state index in [1.54, 1.807) is 6.20 Å². The molecule has 24 heavy (non-hydrogen) atoms. The fourth-order valence-electron chi connectivity index (χ4n) is 2.39. The van der Waals surface area contributed by atoms with E-state index in [9.17, 15) is 0 Å². The number of hydrogen-bond acceptors (Lipinski definition) is 3. The number of rotatable bonds is 7. The topological polar surface area (TPSA) is 43.0 Å². The number of furan rings is 1. The first-order valence-corrected chi connectivity index (χ1v) is 8.12. The van der Waals surface area contributed by atoms with E-state index in [4.69, 9.17) is 16.0 Å². The SMILES string of the molecule is Cc1ccc(-c2ccc(CNCCCn3ccnc3)o2)cc1Cl.Cl. The van der Waals surface area contributed by atoms with Crippen molar-refractivity contribution >= 4 is 24.0 Å². The minimum atomic E-state index is 0. The molecule has 0 radical (unpaired) electrons. The molecule has 0 unspecified atom stereocenters. The van der Waals surface area contributed by atoms with Crippen molar-refractivity contribution in [2.24, 2.45) is 0 Å². The van der Waals surface area contributed by atoms with E-state index in [0.29, 0.717) is 0 Å². The highest BCUT2D eigenvalue weighted by Gasteiger charge is 2.06. The summed E-state index contributed by atoms with van der Waals surface area (Å²) in [5.74, 6) is 1.78. The normalized spacial score (nSPS) is 10.6. The van der Waals surface area contributed by atoms with Crippen LogP contribution in [0.3, 0.4) is 0 Å². The van der Waals surface area contributed by atoms with Crippen molar-refractivity contribution in [3.8, 4) is 11.3 Å². The van der Waals surface area contributed by atoms with Gasteiger partial charge in [-0.25, -0.2) is 4.98 Å². The summed E-state index contributed by atoms with van der Waals surface area (Å²) < 4.78 is 7.96. The first-order chi connectivity index (χ1) is 11.2. The zero-order valence-corrected chi connectivity index (χ0v) is 15.1. The Balaban J connectivity index is 0.00000208. The molecule has 4 nitrogen and oxygen atoms in total. The number of imidazole rings is 1. The molecular weight excluding hydrogens is 345 g/mol. The van der Waals surface area contributed by atoms with E-state index in [2.05, 4.69) is 14.9 Å². The van der Waals surface area contributed by atoms with E-state index in [0.717, 1.165) is 53.7 Å². The number of aryl methyl sites for hydroxylation is 2. The van der Waals surface area contributed by atoms with Gasteiger partial charge in [0.25, 0.3) is 0 Å². The predicted molar refractivity (Wildman–Crippen MR) is 99.7 cm³/mol. The third-order valence-corrected chi connectivity index (χ3v) is 4.15. The third kappa shape index (κ3) is 4.87. The van der Waals surface area contributed by atoms with Crippen LogP contribution < -0.4 is 5.32 Å². The Morgan fingerprint density at radius 1 is 1.25 bits per heavy atom. The lowest BCUT2D eigenvalue weighted by Crippen LogP contribution is -2.15. The average Bonchev–Trinajstić information content (AvgIpc) is 3.21. The number of benzene rings is 1. The maximum Gasteiger partial charge on any atom is 0.134 e. The first kappa shape index (κ1) is 18.6. The molecule has 2 aromatic heterocycles. The molecule has 0 atom stereocenters. The summed E-state index contributed by atoms with van der Waals surface area (Å²) in [4.78, 5) is 4.03. The molecule has 0 saturated carbocycles. The van der Waals surface area contributed by atoms with Gasteiger partial charge in [0, 0.05) is 29.5 Å². The van der Waals surface area contributed by atoms with Crippen LogP contribution in [0.4, 0.5) is 0 Å². The van der Waals surface area contributed by atoms with Gasteiger partial charge in [0.1, 0.15) is 11.5 Å². The van der Waals surface area contributed by atoms with Crippen molar-refractivity contribution in [1.82, 2.24) is 14.9 Å². The lowest BCUT2D eigenvalue weighted by atomic mass is 10.1. The van der Waals surface area contributed by atoms with Crippen LogP contribution in [-0.2, 0) is 13.1 Å². The number of halogens is 2. The minimum absolute atomic E-state index is 0. The van der Waals surface area contributed by atoms with Crippen LogP contribution in [0.1, 0.15) is 17.7 Å². The number of nitrogens with zero attached hydrogens (tertiary/aromatic N) is 2. The Kier molecular flexibility index (Phi) is 6.91. The molecule has 3 aromatic rings. The Labute approximate surface area is 153 Å². The van der Waals surface area contributed by atoms with Gasteiger partial charge in [-0.05, 0) is 43.7 Å². The van der Waals surface area contributed by atoms with Crippen LogP contribution in [0.5, 0.6) is 0 Å². The third-order valence-electron chi connectivity index (χ3n) is 3.75. The van der Waals surface area contributed by atoms with Crippen molar-refractivity contribution < 1.29 is 4.42 Å². The van der Waals surface area contributed by atoms with Crippen LogP contribution in [0.2, 0.25) is 5.02 Å². The summed E-state index contributed by atoms with van der Waals surface area (Å²) in [6.07, 6.45) is 6.67. The monoisotopic (exact) mass is 365 g/mol. The van der Waals surface area contributed by atoms with Crippen LogP contribution in [0.25, 0.3) is 11.3 Å².